The molecule has 3 nitrogen and oxygen atoms in total. The summed E-state index contributed by atoms with van der Waals surface area (Å²) >= 11 is 3.40. The molecular weight excluding hydrogens is 270 g/mol. The van der Waals surface area contributed by atoms with Gasteiger partial charge in [-0.3, -0.25) is 0 Å². The van der Waals surface area contributed by atoms with Gasteiger partial charge in [-0.25, -0.2) is 0 Å². The van der Waals surface area contributed by atoms with E-state index in [0.29, 0.717) is 6.61 Å². The van der Waals surface area contributed by atoms with Crippen molar-refractivity contribution in [2.24, 2.45) is 5.73 Å². The molecule has 1 atom stereocenters. The van der Waals surface area contributed by atoms with E-state index in [2.05, 4.69) is 15.9 Å². The zero-order valence-corrected chi connectivity index (χ0v) is 11.5. The molecule has 90 valence electrons. The van der Waals surface area contributed by atoms with Crippen molar-refractivity contribution in [3.63, 3.8) is 0 Å². The van der Waals surface area contributed by atoms with Crippen LogP contribution < -0.4 is 10.5 Å². The summed E-state index contributed by atoms with van der Waals surface area (Å²) in [5.41, 5.74) is 7.01. The predicted molar refractivity (Wildman–Crippen MR) is 68.7 cm³/mol. The third kappa shape index (κ3) is 3.77. The fourth-order valence-electron chi connectivity index (χ4n) is 1.38. The number of hydrogen-bond acceptors (Lipinski definition) is 3. The van der Waals surface area contributed by atoms with Gasteiger partial charge in [0.15, 0.2) is 0 Å². The fraction of sp³-hybridized carbons (Fsp3) is 0.500. The van der Waals surface area contributed by atoms with Gasteiger partial charge in [0, 0.05) is 10.0 Å². The first-order chi connectivity index (χ1) is 7.54. The molecule has 0 bridgehead atoms. The van der Waals surface area contributed by atoms with Crippen molar-refractivity contribution in [3.8, 4) is 5.75 Å². The highest BCUT2D eigenvalue weighted by molar-refractivity contribution is 9.10. The highest BCUT2D eigenvalue weighted by atomic mass is 79.9. The van der Waals surface area contributed by atoms with E-state index in [-0.39, 0.29) is 12.1 Å². The van der Waals surface area contributed by atoms with Gasteiger partial charge in [-0.2, -0.15) is 0 Å². The van der Waals surface area contributed by atoms with Gasteiger partial charge in [0.1, 0.15) is 5.75 Å². The Hall–Kier alpha value is -0.580. The van der Waals surface area contributed by atoms with Crippen molar-refractivity contribution in [1.29, 1.82) is 0 Å². The van der Waals surface area contributed by atoms with Gasteiger partial charge < -0.3 is 15.2 Å². The first-order valence-corrected chi connectivity index (χ1v) is 6.04. The Morgan fingerprint density at radius 3 is 2.62 bits per heavy atom. The van der Waals surface area contributed by atoms with Crippen LogP contribution in [0.1, 0.15) is 25.5 Å². The second-order valence-electron chi connectivity index (χ2n) is 3.87. The number of ether oxygens (including phenoxy) is 2. The highest BCUT2D eigenvalue weighted by Gasteiger charge is 2.12. The Morgan fingerprint density at radius 2 is 2.06 bits per heavy atom. The number of benzene rings is 1. The van der Waals surface area contributed by atoms with Crippen LogP contribution in [0.4, 0.5) is 0 Å². The second-order valence-corrected chi connectivity index (χ2v) is 4.79. The van der Waals surface area contributed by atoms with Crippen LogP contribution >= 0.6 is 15.9 Å². The van der Waals surface area contributed by atoms with Gasteiger partial charge >= 0.3 is 0 Å². The third-order valence-corrected chi connectivity index (χ3v) is 2.70. The Balaban J connectivity index is 2.77. The standard InChI is InChI=1S/C12H18BrNO2/c1-8(2)16-7-11(14)10-5-4-9(13)6-12(10)15-3/h4-6,8,11H,7,14H2,1-3H3. The molecule has 0 amide bonds. The van der Waals surface area contributed by atoms with Crippen LogP contribution in [-0.4, -0.2) is 19.8 Å². The molecule has 0 aliphatic carbocycles. The van der Waals surface area contributed by atoms with Crippen molar-refractivity contribution in [1.82, 2.24) is 0 Å². The molecular formula is C12H18BrNO2. The maximum absolute atomic E-state index is 6.05. The molecule has 0 spiro atoms. The zero-order chi connectivity index (χ0) is 12.1. The number of hydrogen-bond donors (Lipinski definition) is 1. The normalized spacial score (nSPS) is 12.9. The van der Waals surface area contributed by atoms with Crippen LogP contribution in [0, 0.1) is 0 Å². The molecule has 1 rings (SSSR count). The van der Waals surface area contributed by atoms with Crippen LogP contribution in [0.25, 0.3) is 0 Å². The van der Waals surface area contributed by atoms with Gasteiger partial charge in [0.05, 0.1) is 25.9 Å². The van der Waals surface area contributed by atoms with Crippen LogP contribution in [-0.2, 0) is 4.74 Å². The molecule has 0 radical (unpaired) electrons. The molecule has 16 heavy (non-hydrogen) atoms. The van der Waals surface area contributed by atoms with E-state index in [1.807, 2.05) is 32.0 Å². The minimum Gasteiger partial charge on any atom is -0.496 e. The number of nitrogens with two attached hydrogens (primary N) is 1. The third-order valence-electron chi connectivity index (χ3n) is 2.20. The van der Waals surface area contributed by atoms with Crippen LogP contribution in [0.2, 0.25) is 0 Å². The van der Waals surface area contributed by atoms with Gasteiger partial charge in [-0.15, -0.1) is 0 Å². The monoisotopic (exact) mass is 287 g/mol. The van der Waals surface area contributed by atoms with Crippen molar-refractivity contribution in [3.05, 3.63) is 28.2 Å². The summed E-state index contributed by atoms with van der Waals surface area (Å²) in [6, 6.07) is 5.65. The summed E-state index contributed by atoms with van der Waals surface area (Å²) in [5, 5.41) is 0. The topological polar surface area (TPSA) is 44.5 Å². The summed E-state index contributed by atoms with van der Waals surface area (Å²) in [6.07, 6.45) is 0.187. The van der Waals surface area contributed by atoms with Crippen LogP contribution in [0.5, 0.6) is 5.75 Å². The lowest BCUT2D eigenvalue weighted by Crippen LogP contribution is -2.20. The molecule has 0 aromatic heterocycles. The Kier molecular flexibility index (Phi) is 5.25. The second kappa shape index (κ2) is 6.23. The van der Waals surface area contributed by atoms with E-state index >= 15 is 0 Å². The molecule has 0 saturated carbocycles. The molecule has 0 aliphatic heterocycles. The molecule has 4 heteroatoms. The first kappa shape index (κ1) is 13.5. The highest BCUT2D eigenvalue weighted by Crippen LogP contribution is 2.27. The Labute approximate surface area is 105 Å². The lowest BCUT2D eigenvalue weighted by Gasteiger charge is -2.17. The predicted octanol–water partition coefficient (Wildman–Crippen LogP) is 2.88. The summed E-state index contributed by atoms with van der Waals surface area (Å²) in [6.45, 7) is 4.48. The van der Waals surface area contributed by atoms with Crippen molar-refractivity contribution in [2.45, 2.75) is 26.0 Å². The van der Waals surface area contributed by atoms with Crippen LogP contribution in [0.3, 0.4) is 0 Å². The zero-order valence-electron chi connectivity index (χ0n) is 9.87. The number of halogens is 1. The number of rotatable bonds is 5. The Morgan fingerprint density at radius 1 is 1.38 bits per heavy atom. The minimum atomic E-state index is -0.162. The average Bonchev–Trinajstić information content (AvgIpc) is 2.25. The van der Waals surface area contributed by atoms with Gasteiger partial charge in [0.2, 0.25) is 0 Å². The summed E-state index contributed by atoms with van der Waals surface area (Å²) in [5.74, 6) is 0.786. The summed E-state index contributed by atoms with van der Waals surface area (Å²) < 4.78 is 11.8. The maximum atomic E-state index is 6.05. The largest absolute Gasteiger partial charge is 0.496 e. The molecule has 0 fully saturated rings. The molecule has 1 aromatic rings. The fourth-order valence-corrected chi connectivity index (χ4v) is 1.72. The van der Waals surface area contributed by atoms with Gasteiger partial charge in [-0.05, 0) is 26.0 Å². The molecule has 0 aliphatic rings. The van der Waals surface area contributed by atoms with Gasteiger partial charge in [-0.1, -0.05) is 22.0 Å². The van der Waals surface area contributed by atoms with E-state index in [0.717, 1.165) is 15.8 Å². The molecule has 2 N–H and O–H groups in total. The Bertz CT molecular complexity index is 342. The quantitative estimate of drug-likeness (QED) is 0.906. The lowest BCUT2D eigenvalue weighted by atomic mass is 10.1. The van der Waals surface area contributed by atoms with E-state index in [1.165, 1.54) is 0 Å². The van der Waals surface area contributed by atoms with Gasteiger partial charge in [0.25, 0.3) is 0 Å². The number of methoxy groups -OCH3 is 1. The summed E-state index contributed by atoms with van der Waals surface area (Å²) in [7, 11) is 1.64. The first-order valence-electron chi connectivity index (χ1n) is 5.25. The molecule has 1 aromatic carbocycles. The summed E-state index contributed by atoms with van der Waals surface area (Å²) in [4.78, 5) is 0. The molecule has 0 heterocycles. The molecule has 0 saturated heterocycles. The maximum Gasteiger partial charge on any atom is 0.124 e. The SMILES string of the molecule is COc1cc(Br)ccc1C(N)COC(C)C. The van der Waals surface area contributed by atoms with Crippen LogP contribution in [0.15, 0.2) is 22.7 Å². The average molecular weight is 288 g/mol. The minimum absolute atomic E-state index is 0.162. The van der Waals surface area contributed by atoms with E-state index in [4.69, 9.17) is 15.2 Å². The van der Waals surface area contributed by atoms with Crippen molar-refractivity contribution >= 4 is 15.9 Å². The van der Waals surface area contributed by atoms with E-state index in [9.17, 15) is 0 Å². The smallest absolute Gasteiger partial charge is 0.124 e. The molecule has 1 unspecified atom stereocenters. The lowest BCUT2D eigenvalue weighted by molar-refractivity contribution is 0.0679. The van der Waals surface area contributed by atoms with Crippen molar-refractivity contribution in [2.75, 3.05) is 13.7 Å². The van der Waals surface area contributed by atoms with E-state index < -0.39 is 0 Å². The van der Waals surface area contributed by atoms with E-state index in [1.54, 1.807) is 7.11 Å². The van der Waals surface area contributed by atoms with Crippen molar-refractivity contribution < 1.29 is 9.47 Å².